The highest BCUT2D eigenvalue weighted by Crippen LogP contribution is 2.23. The van der Waals surface area contributed by atoms with E-state index in [1.54, 1.807) is 0 Å². The molecule has 0 atom stereocenters. The minimum atomic E-state index is 0.614. The highest BCUT2D eigenvalue weighted by molar-refractivity contribution is 5.21. The standard InChI is InChI=1S/C10H16N4/c1-13-6-9(7-13)14-10-5-11-3-2-8(10)4-12-14/h4,9,11H,2-3,5-7H2,1H3. The Bertz CT molecular complexity index is 338. The molecule has 3 rings (SSSR count). The first-order valence-corrected chi connectivity index (χ1v) is 5.29. The minimum Gasteiger partial charge on any atom is -0.311 e. The van der Waals surface area contributed by atoms with E-state index < -0.39 is 0 Å². The Labute approximate surface area is 83.9 Å². The van der Waals surface area contributed by atoms with Gasteiger partial charge in [-0.05, 0) is 25.6 Å². The van der Waals surface area contributed by atoms with Crippen LogP contribution in [0.3, 0.4) is 0 Å². The van der Waals surface area contributed by atoms with Crippen molar-refractivity contribution in [2.45, 2.75) is 19.0 Å². The molecule has 0 spiro atoms. The van der Waals surface area contributed by atoms with Gasteiger partial charge in [0.25, 0.3) is 0 Å². The van der Waals surface area contributed by atoms with Crippen LogP contribution in [0.2, 0.25) is 0 Å². The lowest BCUT2D eigenvalue weighted by Crippen LogP contribution is -2.46. The molecule has 76 valence electrons. The Morgan fingerprint density at radius 3 is 3.14 bits per heavy atom. The van der Waals surface area contributed by atoms with E-state index in [1.807, 2.05) is 0 Å². The van der Waals surface area contributed by atoms with E-state index in [-0.39, 0.29) is 0 Å². The molecule has 3 heterocycles. The first-order chi connectivity index (χ1) is 6.84. The van der Waals surface area contributed by atoms with E-state index in [9.17, 15) is 0 Å². The lowest BCUT2D eigenvalue weighted by molar-refractivity contribution is 0.127. The molecular weight excluding hydrogens is 176 g/mol. The molecule has 1 fully saturated rings. The average molecular weight is 192 g/mol. The number of hydrogen-bond donors (Lipinski definition) is 1. The second-order valence-electron chi connectivity index (χ2n) is 4.36. The number of nitrogens with zero attached hydrogens (tertiary/aromatic N) is 3. The van der Waals surface area contributed by atoms with E-state index in [1.165, 1.54) is 11.3 Å². The number of fused-ring (bicyclic) bond motifs is 1. The number of nitrogens with one attached hydrogen (secondary N) is 1. The number of likely N-dealkylation sites (N-methyl/N-ethyl adjacent to an activating group) is 1. The largest absolute Gasteiger partial charge is 0.311 e. The summed E-state index contributed by atoms with van der Waals surface area (Å²) in [5.74, 6) is 0. The molecular formula is C10H16N4. The zero-order valence-corrected chi connectivity index (χ0v) is 8.53. The fourth-order valence-corrected chi connectivity index (χ4v) is 2.39. The third kappa shape index (κ3) is 1.18. The van der Waals surface area contributed by atoms with Crippen LogP contribution in [0, 0.1) is 0 Å². The second kappa shape index (κ2) is 3.07. The highest BCUT2D eigenvalue weighted by Gasteiger charge is 2.28. The molecule has 0 radical (unpaired) electrons. The Morgan fingerprint density at radius 1 is 1.50 bits per heavy atom. The first-order valence-electron chi connectivity index (χ1n) is 5.29. The normalized spacial score (nSPS) is 23.2. The summed E-state index contributed by atoms with van der Waals surface area (Å²) in [6.45, 7) is 4.39. The predicted octanol–water partition coefficient (Wildman–Crippen LogP) is 0.0153. The Hall–Kier alpha value is -0.870. The van der Waals surface area contributed by atoms with Crippen LogP contribution in [0.1, 0.15) is 17.3 Å². The molecule has 1 aromatic rings. The zero-order valence-electron chi connectivity index (χ0n) is 8.53. The van der Waals surface area contributed by atoms with Crippen molar-refractivity contribution in [3.05, 3.63) is 17.5 Å². The van der Waals surface area contributed by atoms with Crippen LogP contribution >= 0.6 is 0 Å². The van der Waals surface area contributed by atoms with Gasteiger partial charge in [0, 0.05) is 19.6 Å². The molecule has 0 unspecified atom stereocenters. The molecule has 2 aliphatic heterocycles. The summed E-state index contributed by atoms with van der Waals surface area (Å²) in [6, 6.07) is 0.614. The fraction of sp³-hybridized carbons (Fsp3) is 0.700. The summed E-state index contributed by atoms with van der Waals surface area (Å²) in [5, 5.41) is 7.91. The molecule has 0 aliphatic carbocycles. The maximum Gasteiger partial charge on any atom is 0.0776 e. The first kappa shape index (κ1) is 8.44. The average Bonchev–Trinajstić information content (AvgIpc) is 2.56. The van der Waals surface area contributed by atoms with Gasteiger partial charge < -0.3 is 10.2 Å². The van der Waals surface area contributed by atoms with Crippen LogP contribution in [0.15, 0.2) is 6.20 Å². The van der Waals surface area contributed by atoms with Gasteiger partial charge in [0.05, 0.1) is 17.9 Å². The maximum absolute atomic E-state index is 4.50. The summed E-state index contributed by atoms with van der Waals surface area (Å²) in [7, 11) is 2.16. The Morgan fingerprint density at radius 2 is 2.36 bits per heavy atom. The number of hydrogen-bond acceptors (Lipinski definition) is 3. The fourth-order valence-electron chi connectivity index (χ4n) is 2.39. The van der Waals surface area contributed by atoms with Gasteiger partial charge in [-0.2, -0.15) is 5.10 Å². The third-order valence-electron chi connectivity index (χ3n) is 3.24. The van der Waals surface area contributed by atoms with Gasteiger partial charge in [0.15, 0.2) is 0 Å². The molecule has 1 saturated heterocycles. The molecule has 1 N–H and O–H groups in total. The topological polar surface area (TPSA) is 33.1 Å². The van der Waals surface area contributed by atoms with Crippen LogP contribution in [-0.4, -0.2) is 41.4 Å². The van der Waals surface area contributed by atoms with E-state index in [0.29, 0.717) is 6.04 Å². The van der Waals surface area contributed by atoms with E-state index in [0.717, 1.165) is 32.6 Å². The zero-order chi connectivity index (χ0) is 9.54. The van der Waals surface area contributed by atoms with Crippen molar-refractivity contribution >= 4 is 0 Å². The predicted molar refractivity (Wildman–Crippen MR) is 54.2 cm³/mol. The van der Waals surface area contributed by atoms with Crippen molar-refractivity contribution < 1.29 is 0 Å². The Balaban J connectivity index is 1.87. The van der Waals surface area contributed by atoms with Crippen LogP contribution in [0.25, 0.3) is 0 Å². The summed E-state index contributed by atoms with van der Waals surface area (Å²) >= 11 is 0. The Kier molecular flexibility index (Phi) is 1.85. The van der Waals surface area contributed by atoms with Crippen LogP contribution < -0.4 is 5.32 Å². The van der Waals surface area contributed by atoms with Crippen LogP contribution in [0.4, 0.5) is 0 Å². The van der Waals surface area contributed by atoms with Gasteiger partial charge in [0.1, 0.15) is 0 Å². The van der Waals surface area contributed by atoms with Crippen molar-refractivity contribution in [1.29, 1.82) is 0 Å². The molecule has 2 aliphatic rings. The monoisotopic (exact) mass is 192 g/mol. The van der Waals surface area contributed by atoms with E-state index in [4.69, 9.17) is 0 Å². The highest BCUT2D eigenvalue weighted by atomic mass is 15.4. The number of aromatic nitrogens is 2. The lowest BCUT2D eigenvalue weighted by Gasteiger charge is -2.37. The molecule has 14 heavy (non-hydrogen) atoms. The summed E-state index contributed by atoms with van der Waals surface area (Å²) < 4.78 is 2.22. The molecule has 0 aromatic carbocycles. The van der Waals surface area contributed by atoms with Gasteiger partial charge in [0.2, 0.25) is 0 Å². The quantitative estimate of drug-likeness (QED) is 0.680. The minimum absolute atomic E-state index is 0.614. The third-order valence-corrected chi connectivity index (χ3v) is 3.24. The van der Waals surface area contributed by atoms with Crippen LogP contribution in [-0.2, 0) is 13.0 Å². The van der Waals surface area contributed by atoms with E-state index >= 15 is 0 Å². The van der Waals surface area contributed by atoms with Crippen molar-refractivity contribution in [2.24, 2.45) is 0 Å². The van der Waals surface area contributed by atoms with E-state index in [2.05, 4.69) is 33.2 Å². The van der Waals surface area contributed by atoms with Crippen LogP contribution in [0.5, 0.6) is 0 Å². The summed E-state index contributed by atoms with van der Waals surface area (Å²) in [5.41, 5.74) is 2.85. The number of rotatable bonds is 1. The van der Waals surface area contributed by atoms with Gasteiger partial charge in [-0.25, -0.2) is 0 Å². The van der Waals surface area contributed by atoms with Gasteiger partial charge in [-0.1, -0.05) is 0 Å². The molecule has 0 saturated carbocycles. The molecule has 4 nitrogen and oxygen atoms in total. The molecule has 0 bridgehead atoms. The maximum atomic E-state index is 4.50. The van der Waals surface area contributed by atoms with Gasteiger partial charge in [-0.15, -0.1) is 0 Å². The second-order valence-corrected chi connectivity index (χ2v) is 4.36. The van der Waals surface area contributed by atoms with Crippen molar-refractivity contribution in [1.82, 2.24) is 20.0 Å². The van der Waals surface area contributed by atoms with Gasteiger partial charge in [-0.3, -0.25) is 4.68 Å². The molecule has 0 amide bonds. The lowest BCUT2D eigenvalue weighted by atomic mass is 10.1. The van der Waals surface area contributed by atoms with Crippen molar-refractivity contribution in [2.75, 3.05) is 26.7 Å². The van der Waals surface area contributed by atoms with Crippen molar-refractivity contribution in [3.8, 4) is 0 Å². The number of likely N-dealkylation sites (tertiary alicyclic amines) is 1. The smallest absolute Gasteiger partial charge is 0.0776 e. The summed E-state index contributed by atoms with van der Waals surface area (Å²) in [6.07, 6.45) is 3.19. The molecule has 1 aromatic heterocycles. The van der Waals surface area contributed by atoms with Gasteiger partial charge >= 0.3 is 0 Å². The molecule has 4 heteroatoms. The SMILES string of the molecule is CN1CC(n2ncc3c2CNCC3)C1. The van der Waals surface area contributed by atoms with Crippen molar-refractivity contribution in [3.63, 3.8) is 0 Å². The summed E-state index contributed by atoms with van der Waals surface area (Å²) in [4.78, 5) is 2.33.